The van der Waals surface area contributed by atoms with Crippen molar-refractivity contribution in [1.82, 2.24) is 10.6 Å². The number of nitrogens with zero attached hydrogens (tertiary/aromatic N) is 1. The van der Waals surface area contributed by atoms with E-state index in [4.69, 9.17) is 9.26 Å². The lowest BCUT2D eigenvalue weighted by atomic mass is 10.2. The van der Waals surface area contributed by atoms with Gasteiger partial charge in [0.25, 0.3) is 0 Å². The molecule has 0 unspecified atom stereocenters. The summed E-state index contributed by atoms with van der Waals surface area (Å²) in [7, 11) is 1.67. The molecule has 0 aliphatic heterocycles. The van der Waals surface area contributed by atoms with Crippen molar-refractivity contribution in [2.45, 2.75) is 19.9 Å². The lowest BCUT2D eigenvalue weighted by Crippen LogP contribution is -2.41. The number of aryl methyl sites for hydroxylation is 1. The quantitative estimate of drug-likeness (QED) is 0.577. The number of hydrogen-bond acceptors (Lipinski definition) is 4. The molecule has 1 heterocycles. The molecule has 20 heavy (non-hydrogen) atoms. The molecule has 0 atom stereocenters. The van der Waals surface area contributed by atoms with Crippen LogP contribution >= 0.6 is 0 Å². The number of nitrogens with one attached hydrogen (secondary N) is 2. The van der Waals surface area contributed by atoms with Gasteiger partial charge in [0.05, 0.1) is 6.54 Å². The Balaban J connectivity index is 2.07. The number of benzene rings is 1. The maximum atomic E-state index is 11.7. The van der Waals surface area contributed by atoms with Gasteiger partial charge in [-0.2, -0.15) is 0 Å². The zero-order valence-corrected chi connectivity index (χ0v) is 11.8. The number of hydrogen-bond donors (Lipinski definition) is 2. The minimum absolute atomic E-state index is 0.357. The Bertz CT molecular complexity index is 586. The number of ether oxygens (including phenoxy) is 1. The van der Waals surface area contributed by atoms with Crippen molar-refractivity contribution in [1.29, 1.82) is 0 Å². The third-order valence-corrected chi connectivity index (χ3v) is 3.02. The summed E-state index contributed by atoms with van der Waals surface area (Å²) >= 11 is 0. The third-order valence-electron chi connectivity index (χ3n) is 3.02. The largest absolute Gasteiger partial charge is 0.431 e. The summed E-state index contributed by atoms with van der Waals surface area (Å²) < 4.78 is 11.5. The lowest BCUT2D eigenvalue weighted by molar-refractivity contribution is -0.677. The second-order valence-electron chi connectivity index (χ2n) is 4.62. The van der Waals surface area contributed by atoms with Crippen LogP contribution in [0.1, 0.15) is 17.7 Å². The van der Waals surface area contributed by atoms with E-state index in [9.17, 15) is 4.79 Å². The summed E-state index contributed by atoms with van der Waals surface area (Å²) in [4.78, 5) is 11.7. The van der Waals surface area contributed by atoms with Gasteiger partial charge in [-0.1, -0.05) is 17.7 Å². The number of aromatic amines is 1. The Morgan fingerprint density at radius 1 is 1.35 bits per heavy atom. The number of H-pyrrole nitrogens is 1. The SMILES string of the molecule is COCCCNCc1c(=O)o[nH][n+]1-c1ccc(C)cc1. The van der Waals surface area contributed by atoms with Crippen LogP contribution < -0.4 is 15.6 Å². The standard InChI is InChI=1S/C14H19N3O3/c1-11-4-6-12(7-5-11)17-13(14(18)20-16-17)10-15-8-3-9-19-2/h4-7,15H,3,8-10H2,1-2H3/p+1. The normalized spacial score (nSPS) is 10.9. The van der Waals surface area contributed by atoms with Gasteiger partial charge in [-0.15, -0.1) is 0 Å². The monoisotopic (exact) mass is 278 g/mol. The van der Waals surface area contributed by atoms with Crippen LogP contribution in [0.25, 0.3) is 5.69 Å². The molecule has 0 bridgehead atoms. The Hall–Kier alpha value is -1.92. The summed E-state index contributed by atoms with van der Waals surface area (Å²) in [6.07, 6.45) is 0.900. The fraction of sp³-hybridized carbons (Fsp3) is 0.429. The Morgan fingerprint density at radius 3 is 2.80 bits per heavy atom. The fourth-order valence-electron chi connectivity index (χ4n) is 1.89. The summed E-state index contributed by atoms with van der Waals surface area (Å²) in [5.41, 5.74) is 2.23. The van der Waals surface area contributed by atoms with Crippen molar-refractivity contribution < 1.29 is 13.9 Å². The third kappa shape index (κ3) is 3.55. The zero-order valence-electron chi connectivity index (χ0n) is 11.8. The number of rotatable bonds is 7. The summed E-state index contributed by atoms with van der Waals surface area (Å²) in [5.74, 6) is 0. The van der Waals surface area contributed by atoms with Crippen LogP contribution in [-0.4, -0.2) is 25.5 Å². The Morgan fingerprint density at radius 2 is 2.10 bits per heavy atom. The van der Waals surface area contributed by atoms with Crippen molar-refractivity contribution in [3.63, 3.8) is 0 Å². The van der Waals surface area contributed by atoms with Gasteiger partial charge in [0, 0.05) is 25.8 Å². The van der Waals surface area contributed by atoms with Crippen molar-refractivity contribution in [2.24, 2.45) is 0 Å². The second-order valence-corrected chi connectivity index (χ2v) is 4.62. The van der Waals surface area contributed by atoms with Crippen molar-refractivity contribution >= 4 is 0 Å². The average Bonchev–Trinajstić information content (AvgIpc) is 2.81. The molecule has 6 nitrogen and oxygen atoms in total. The molecule has 2 aromatic rings. The molecule has 0 saturated heterocycles. The van der Waals surface area contributed by atoms with Crippen LogP contribution in [0.15, 0.2) is 33.6 Å². The van der Waals surface area contributed by atoms with Crippen LogP contribution in [0.3, 0.4) is 0 Å². The van der Waals surface area contributed by atoms with E-state index in [1.54, 1.807) is 11.8 Å². The second kappa shape index (κ2) is 7.02. The predicted molar refractivity (Wildman–Crippen MR) is 73.8 cm³/mol. The van der Waals surface area contributed by atoms with Crippen molar-refractivity contribution in [3.8, 4) is 5.69 Å². The summed E-state index contributed by atoms with van der Waals surface area (Å²) in [5, 5.41) is 5.83. The minimum atomic E-state index is -0.357. The molecule has 0 amide bonds. The molecule has 0 radical (unpaired) electrons. The smallest absolute Gasteiger partial charge is 0.385 e. The molecule has 108 valence electrons. The Labute approximate surface area is 117 Å². The molecule has 0 spiro atoms. The maximum Gasteiger partial charge on any atom is 0.431 e. The van der Waals surface area contributed by atoms with E-state index in [1.807, 2.05) is 31.2 Å². The highest BCUT2D eigenvalue weighted by atomic mass is 16.5. The lowest BCUT2D eigenvalue weighted by Gasteiger charge is -2.00. The molecule has 0 aliphatic carbocycles. The van der Waals surface area contributed by atoms with Gasteiger partial charge in [0.15, 0.2) is 0 Å². The van der Waals surface area contributed by atoms with E-state index >= 15 is 0 Å². The molecule has 2 rings (SSSR count). The van der Waals surface area contributed by atoms with E-state index in [1.165, 1.54) is 5.56 Å². The van der Waals surface area contributed by atoms with Crippen molar-refractivity contribution in [2.75, 3.05) is 20.3 Å². The van der Waals surface area contributed by atoms with Crippen molar-refractivity contribution in [3.05, 3.63) is 45.9 Å². The van der Waals surface area contributed by atoms with E-state index in [0.29, 0.717) is 18.8 Å². The van der Waals surface area contributed by atoms with Gasteiger partial charge in [0.2, 0.25) is 5.69 Å². The molecule has 6 heteroatoms. The molecule has 1 aromatic carbocycles. The zero-order chi connectivity index (χ0) is 14.4. The highest BCUT2D eigenvalue weighted by Crippen LogP contribution is 2.02. The first-order chi connectivity index (χ1) is 9.72. The van der Waals surface area contributed by atoms with Gasteiger partial charge in [-0.25, -0.2) is 4.79 Å². The molecular formula is C14H20N3O3+. The van der Waals surface area contributed by atoms with E-state index < -0.39 is 0 Å². The average molecular weight is 278 g/mol. The van der Waals surface area contributed by atoms with E-state index in [-0.39, 0.29) is 5.63 Å². The van der Waals surface area contributed by atoms with E-state index in [0.717, 1.165) is 18.7 Å². The molecule has 0 saturated carbocycles. The molecule has 0 aliphatic rings. The van der Waals surface area contributed by atoms with Crippen LogP contribution in [-0.2, 0) is 11.3 Å². The first-order valence-electron chi connectivity index (χ1n) is 6.61. The van der Waals surface area contributed by atoms with Crippen LogP contribution in [0.5, 0.6) is 0 Å². The van der Waals surface area contributed by atoms with E-state index in [2.05, 4.69) is 10.6 Å². The van der Waals surface area contributed by atoms with Gasteiger partial charge in [0.1, 0.15) is 0 Å². The Kier molecular flexibility index (Phi) is 5.09. The van der Waals surface area contributed by atoms with Crippen LogP contribution in [0, 0.1) is 6.92 Å². The maximum absolute atomic E-state index is 11.7. The van der Waals surface area contributed by atoms with Gasteiger partial charge >= 0.3 is 11.3 Å². The number of aromatic nitrogens is 2. The predicted octanol–water partition coefficient (Wildman–Crippen LogP) is 0.679. The molecule has 2 N–H and O–H groups in total. The van der Waals surface area contributed by atoms with Gasteiger partial charge < -0.3 is 10.1 Å². The molecule has 1 aromatic heterocycles. The first kappa shape index (κ1) is 14.5. The van der Waals surface area contributed by atoms with Gasteiger partial charge in [-0.3, -0.25) is 4.52 Å². The molecular weight excluding hydrogens is 258 g/mol. The van der Waals surface area contributed by atoms with Crippen LogP contribution in [0.4, 0.5) is 0 Å². The highest BCUT2D eigenvalue weighted by Gasteiger charge is 2.22. The minimum Gasteiger partial charge on any atom is -0.385 e. The summed E-state index contributed by atoms with van der Waals surface area (Å²) in [6.45, 7) is 3.95. The highest BCUT2D eigenvalue weighted by molar-refractivity contribution is 5.26. The fourth-order valence-corrected chi connectivity index (χ4v) is 1.89. The van der Waals surface area contributed by atoms with Crippen LogP contribution in [0.2, 0.25) is 0 Å². The van der Waals surface area contributed by atoms with Gasteiger partial charge in [-0.05, 0) is 29.8 Å². The number of methoxy groups -OCH3 is 1. The first-order valence-corrected chi connectivity index (χ1v) is 6.61. The topological polar surface area (TPSA) is 71.1 Å². The summed E-state index contributed by atoms with van der Waals surface area (Å²) in [6, 6.07) is 7.86. The molecule has 0 fully saturated rings.